The Kier molecular flexibility index (Phi) is 5.55. The molecule has 0 bridgehead atoms. The Balaban J connectivity index is 2.90. The van der Waals surface area contributed by atoms with Crippen molar-refractivity contribution >= 4 is 26.0 Å². The van der Waals surface area contributed by atoms with Crippen LogP contribution in [0.3, 0.4) is 0 Å². The Morgan fingerprint density at radius 1 is 1.32 bits per heavy atom. The molecule has 1 aromatic rings. The van der Waals surface area contributed by atoms with Crippen molar-refractivity contribution in [2.24, 2.45) is 5.73 Å². The molecule has 0 heterocycles. The molecule has 0 saturated carbocycles. The van der Waals surface area contributed by atoms with Crippen molar-refractivity contribution in [3.05, 3.63) is 28.2 Å². The lowest BCUT2D eigenvalue weighted by atomic mass is 9.95. The number of halogens is 1. The number of benzene rings is 1. The molecule has 0 aliphatic heterocycles. The van der Waals surface area contributed by atoms with Crippen LogP contribution in [0.5, 0.6) is 0 Å². The predicted molar refractivity (Wildman–Crippen MR) is 81.6 cm³/mol. The van der Waals surface area contributed by atoms with E-state index in [0.29, 0.717) is 0 Å². The maximum absolute atomic E-state index is 12.2. The summed E-state index contributed by atoms with van der Waals surface area (Å²) < 4.78 is 27.7. The largest absolute Gasteiger partial charge is 0.324 e. The van der Waals surface area contributed by atoms with Crippen molar-refractivity contribution < 1.29 is 8.42 Å². The molecule has 4 nitrogen and oxygen atoms in total. The van der Waals surface area contributed by atoms with Gasteiger partial charge < -0.3 is 5.73 Å². The average Bonchev–Trinajstić information content (AvgIpc) is 2.39. The molecule has 1 rings (SSSR count). The summed E-state index contributed by atoms with van der Waals surface area (Å²) in [5.74, 6) is 0. The molecule has 1 aromatic carbocycles. The highest BCUT2D eigenvalue weighted by Gasteiger charge is 2.24. The maximum atomic E-state index is 12.2. The van der Waals surface area contributed by atoms with Gasteiger partial charge >= 0.3 is 0 Å². The average molecular weight is 349 g/mol. The van der Waals surface area contributed by atoms with Gasteiger partial charge in [0.2, 0.25) is 10.0 Å². The SMILES string of the molecule is CCC(N)(CC)CNS(=O)(=O)c1ccc(C)c(Br)c1. The van der Waals surface area contributed by atoms with Gasteiger partial charge in [-0.15, -0.1) is 0 Å². The highest BCUT2D eigenvalue weighted by molar-refractivity contribution is 9.10. The van der Waals surface area contributed by atoms with Gasteiger partial charge in [0, 0.05) is 16.6 Å². The van der Waals surface area contributed by atoms with Crippen LogP contribution < -0.4 is 10.5 Å². The first kappa shape index (κ1) is 16.6. The highest BCUT2D eigenvalue weighted by atomic mass is 79.9. The van der Waals surface area contributed by atoms with Crippen LogP contribution in [0.2, 0.25) is 0 Å². The van der Waals surface area contributed by atoms with Gasteiger partial charge in [-0.3, -0.25) is 0 Å². The van der Waals surface area contributed by atoms with Crippen LogP contribution in [0.15, 0.2) is 27.6 Å². The van der Waals surface area contributed by atoms with Gasteiger partial charge in [-0.1, -0.05) is 35.8 Å². The zero-order valence-electron chi connectivity index (χ0n) is 11.5. The normalized spacial score (nSPS) is 12.7. The van der Waals surface area contributed by atoms with Gasteiger partial charge in [0.1, 0.15) is 0 Å². The summed E-state index contributed by atoms with van der Waals surface area (Å²) in [5.41, 5.74) is 6.60. The number of aryl methyl sites for hydroxylation is 1. The quantitative estimate of drug-likeness (QED) is 0.829. The summed E-state index contributed by atoms with van der Waals surface area (Å²) in [6.45, 7) is 6.07. The monoisotopic (exact) mass is 348 g/mol. The standard InChI is InChI=1S/C13H21BrN2O2S/c1-4-13(15,5-2)9-16-19(17,18)11-7-6-10(3)12(14)8-11/h6-8,16H,4-5,9,15H2,1-3H3. The molecule has 0 fully saturated rings. The van der Waals surface area contributed by atoms with Gasteiger partial charge in [-0.05, 0) is 37.5 Å². The Hall–Kier alpha value is -0.430. The summed E-state index contributed by atoms with van der Waals surface area (Å²) in [7, 11) is -3.51. The van der Waals surface area contributed by atoms with Crippen LogP contribution in [0.4, 0.5) is 0 Å². The van der Waals surface area contributed by atoms with Crippen LogP contribution in [0.25, 0.3) is 0 Å². The molecule has 108 valence electrons. The molecule has 0 radical (unpaired) electrons. The smallest absolute Gasteiger partial charge is 0.240 e. The van der Waals surface area contributed by atoms with Gasteiger partial charge in [0.05, 0.1) is 4.90 Å². The summed E-state index contributed by atoms with van der Waals surface area (Å²) in [6.07, 6.45) is 1.45. The first-order valence-corrected chi connectivity index (χ1v) is 8.56. The van der Waals surface area contributed by atoms with E-state index in [-0.39, 0.29) is 11.4 Å². The van der Waals surface area contributed by atoms with Crippen molar-refractivity contribution in [2.45, 2.75) is 44.0 Å². The molecule has 0 aromatic heterocycles. The van der Waals surface area contributed by atoms with E-state index in [9.17, 15) is 8.42 Å². The van der Waals surface area contributed by atoms with E-state index in [1.165, 1.54) is 0 Å². The maximum Gasteiger partial charge on any atom is 0.240 e. The predicted octanol–water partition coefficient (Wildman–Crippen LogP) is 2.55. The molecule has 6 heteroatoms. The second-order valence-electron chi connectivity index (χ2n) is 4.81. The molecule has 0 atom stereocenters. The Labute approximate surface area is 124 Å². The van der Waals surface area contributed by atoms with Gasteiger partial charge in [-0.2, -0.15) is 0 Å². The molecule has 3 N–H and O–H groups in total. The van der Waals surface area contributed by atoms with E-state index in [1.807, 2.05) is 20.8 Å². The number of rotatable bonds is 6. The van der Waals surface area contributed by atoms with E-state index in [1.54, 1.807) is 18.2 Å². The molecule has 0 spiro atoms. The van der Waals surface area contributed by atoms with E-state index >= 15 is 0 Å². The number of hydrogen-bond acceptors (Lipinski definition) is 3. The van der Waals surface area contributed by atoms with E-state index < -0.39 is 15.6 Å². The molecule has 0 amide bonds. The van der Waals surface area contributed by atoms with E-state index in [0.717, 1.165) is 22.9 Å². The van der Waals surface area contributed by atoms with Crippen molar-refractivity contribution in [3.63, 3.8) is 0 Å². The summed E-state index contributed by atoms with van der Waals surface area (Å²) in [6, 6.07) is 4.97. The third-order valence-electron chi connectivity index (χ3n) is 3.48. The minimum Gasteiger partial charge on any atom is -0.324 e. The summed E-state index contributed by atoms with van der Waals surface area (Å²) in [4.78, 5) is 0.250. The van der Waals surface area contributed by atoms with Crippen LogP contribution >= 0.6 is 15.9 Å². The van der Waals surface area contributed by atoms with Crippen molar-refractivity contribution in [3.8, 4) is 0 Å². The molecule has 0 saturated heterocycles. The van der Waals surface area contributed by atoms with Gasteiger partial charge in [0.15, 0.2) is 0 Å². The third-order valence-corrected chi connectivity index (χ3v) is 5.73. The van der Waals surface area contributed by atoms with Crippen molar-refractivity contribution in [2.75, 3.05) is 6.54 Å². The number of nitrogens with one attached hydrogen (secondary N) is 1. The molecular formula is C13H21BrN2O2S. The number of sulfonamides is 1. The molecule has 19 heavy (non-hydrogen) atoms. The molecular weight excluding hydrogens is 328 g/mol. The molecule has 0 aliphatic carbocycles. The van der Waals surface area contributed by atoms with E-state index in [4.69, 9.17) is 5.73 Å². The topological polar surface area (TPSA) is 72.2 Å². The van der Waals surface area contributed by atoms with Gasteiger partial charge in [0.25, 0.3) is 0 Å². The Bertz CT molecular complexity index is 540. The third kappa shape index (κ3) is 4.27. The van der Waals surface area contributed by atoms with Crippen molar-refractivity contribution in [1.29, 1.82) is 0 Å². The van der Waals surface area contributed by atoms with Crippen LogP contribution in [0, 0.1) is 6.92 Å². The first-order chi connectivity index (χ1) is 8.74. The summed E-state index contributed by atoms with van der Waals surface area (Å²) in [5, 5.41) is 0. The molecule has 0 aliphatic rings. The second-order valence-corrected chi connectivity index (χ2v) is 7.43. The fourth-order valence-electron chi connectivity index (χ4n) is 1.56. The lowest BCUT2D eigenvalue weighted by Gasteiger charge is -2.26. The lowest BCUT2D eigenvalue weighted by Crippen LogP contribution is -2.49. The van der Waals surface area contributed by atoms with Crippen molar-refractivity contribution in [1.82, 2.24) is 4.72 Å². The van der Waals surface area contributed by atoms with E-state index in [2.05, 4.69) is 20.7 Å². The first-order valence-electron chi connectivity index (χ1n) is 6.29. The molecule has 0 unspecified atom stereocenters. The lowest BCUT2D eigenvalue weighted by molar-refractivity contribution is 0.392. The summed E-state index contributed by atoms with van der Waals surface area (Å²) >= 11 is 3.34. The van der Waals surface area contributed by atoms with Gasteiger partial charge in [-0.25, -0.2) is 13.1 Å². The highest BCUT2D eigenvalue weighted by Crippen LogP contribution is 2.21. The van der Waals surface area contributed by atoms with Crippen LogP contribution in [-0.2, 0) is 10.0 Å². The number of hydrogen-bond donors (Lipinski definition) is 2. The zero-order valence-corrected chi connectivity index (χ0v) is 13.9. The fraction of sp³-hybridized carbons (Fsp3) is 0.538. The zero-order chi connectivity index (χ0) is 14.7. The minimum absolute atomic E-state index is 0.244. The number of nitrogens with two attached hydrogens (primary N) is 1. The van der Waals surface area contributed by atoms with Crippen LogP contribution in [-0.4, -0.2) is 20.5 Å². The second kappa shape index (κ2) is 6.35. The minimum atomic E-state index is -3.51. The van der Waals surface area contributed by atoms with Crippen LogP contribution in [0.1, 0.15) is 32.3 Å². The fourth-order valence-corrected chi connectivity index (χ4v) is 3.26. The Morgan fingerprint density at radius 3 is 2.37 bits per heavy atom. The Morgan fingerprint density at radius 2 is 1.89 bits per heavy atom.